The molecule has 0 radical (unpaired) electrons. The zero-order valence-electron chi connectivity index (χ0n) is 13.0. The molecule has 8 heteroatoms. The van der Waals surface area contributed by atoms with Crippen LogP contribution in [0.15, 0.2) is 0 Å². The van der Waals surface area contributed by atoms with Crippen LogP contribution < -0.4 is 0 Å². The Labute approximate surface area is 134 Å². The Bertz CT molecular complexity index is 482. The van der Waals surface area contributed by atoms with Crippen LogP contribution in [0.2, 0.25) is 0 Å². The van der Waals surface area contributed by atoms with Gasteiger partial charge in [0.1, 0.15) is 12.2 Å². The minimum atomic E-state index is -1.02. The molecule has 0 bridgehead atoms. The van der Waals surface area contributed by atoms with Crippen LogP contribution in [0.4, 0.5) is 0 Å². The van der Waals surface area contributed by atoms with Crippen molar-refractivity contribution in [3.05, 3.63) is 0 Å². The second-order valence-corrected chi connectivity index (χ2v) is 6.18. The topological polar surface area (TPSA) is 96.4 Å². The molecule has 1 N–H and O–H groups in total. The molecule has 0 aromatic rings. The number of ether oxygens (including phenoxy) is 2. The van der Waals surface area contributed by atoms with E-state index in [1.807, 2.05) is 0 Å². The van der Waals surface area contributed by atoms with E-state index < -0.39 is 18.2 Å². The van der Waals surface area contributed by atoms with Gasteiger partial charge in [0.15, 0.2) is 6.10 Å². The molecule has 8 nitrogen and oxygen atoms in total. The van der Waals surface area contributed by atoms with E-state index >= 15 is 0 Å². The average Bonchev–Trinajstić information content (AvgIpc) is 3.25. The van der Waals surface area contributed by atoms with Gasteiger partial charge in [-0.05, 0) is 25.7 Å². The van der Waals surface area contributed by atoms with Gasteiger partial charge in [-0.2, -0.15) is 0 Å². The third kappa shape index (κ3) is 3.48. The van der Waals surface area contributed by atoms with Crippen molar-refractivity contribution in [2.24, 2.45) is 0 Å². The Morgan fingerprint density at radius 3 is 1.87 bits per heavy atom. The molecule has 0 aromatic heterocycles. The highest BCUT2D eigenvalue weighted by atomic mass is 16.5. The van der Waals surface area contributed by atoms with Crippen LogP contribution in [0, 0.1) is 0 Å². The number of hydrogen-bond acceptors (Lipinski definition) is 5. The standard InChI is InChI=1S/C15H22N2O6/c18-13(10-2-1-9-22-10)16-5-7-17(8-6-16)14(19)11-3-4-12(23-11)15(20)21/h10-12H,1-9H2,(H,20,21)/t10?,11-,12+/m0/s1. The maximum absolute atomic E-state index is 12.4. The van der Waals surface area contributed by atoms with Crippen molar-refractivity contribution in [2.45, 2.75) is 44.0 Å². The van der Waals surface area contributed by atoms with Crippen molar-refractivity contribution in [3.8, 4) is 0 Å². The van der Waals surface area contributed by atoms with E-state index in [1.165, 1.54) is 0 Å². The van der Waals surface area contributed by atoms with E-state index in [2.05, 4.69) is 0 Å². The van der Waals surface area contributed by atoms with Crippen molar-refractivity contribution < 1.29 is 29.0 Å². The average molecular weight is 326 g/mol. The molecule has 2 amide bonds. The molecule has 3 rings (SSSR count). The molecular formula is C15H22N2O6. The fraction of sp³-hybridized carbons (Fsp3) is 0.800. The molecule has 128 valence electrons. The molecular weight excluding hydrogens is 304 g/mol. The molecule has 23 heavy (non-hydrogen) atoms. The van der Waals surface area contributed by atoms with E-state index in [-0.39, 0.29) is 17.9 Å². The fourth-order valence-corrected chi connectivity index (χ4v) is 3.33. The van der Waals surface area contributed by atoms with E-state index in [1.54, 1.807) is 9.80 Å². The first kappa shape index (κ1) is 16.2. The molecule has 3 aliphatic rings. The Hall–Kier alpha value is -1.67. The monoisotopic (exact) mass is 326 g/mol. The van der Waals surface area contributed by atoms with Crippen molar-refractivity contribution >= 4 is 17.8 Å². The highest BCUT2D eigenvalue weighted by Crippen LogP contribution is 2.22. The number of amides is 2. The number of nitrogens with zero attached hydrogens (tertiary/aromatic N) is 2. The summed E-state index contributed by atoms with van der Waals surface area (Å²) in [7, 11) is 0. The highest BCUT2D eigenvalue weighted by Gasteiger charge is 2.38. The van der Waals surface area contributed by atoms with Crippen molar-refractivity contribution in [1.29, 1.82) is 0 Å². The molecule has 0 aromatic carbocycles. The summed E-state index contributed by atoms with van der Waals surface area (Å²) in [6.45, 7) is 2.52. The summed E-state index contributed by atoms with van der Waals surface area (Å²) in [4.78, 5) is 38.9. The van der Waals surface area contributed by atoms with E-state index in [4.69, 9.17) is 14.6 Å². The minimum Gasteiger partial charge on any atom is -0.479 e. The van der Waals surface area contributed by atoms with E-state index in [0.717, 1.165) is 12.8 Å². The number of hydrogen-bond donors (Lipinski definition) is 1. The van der Waals surface area contributed by atoms with Gasteiger partial charge in [0.25, 0.3) is 11.8 Å². The number of rotatable bonds is 3. The predicted octanol–water partition coefficient (Wildman–Crippen LogP) is -0.532. The zero-order chi connectivity index (χ0) is 16.4. The lowest BCUT2D eigenvalue weighted by molar-refractivity contribution is -0.157. The van der Waals surface area contributed by atoms with Crippen molar-refractivity contribution in [3.63, 3.8) is 0 Å². The summed E-state index contributed by atoms with van der Waals surface area (Å²) in [5.41, 5.74) is 0. The summed E-state index contributed by atoms with van der Waals surface area (Å²) >= 11 is 0. The van der Waals surface area contributed by atoms with Gasteiger partial charge in [0, 0.05) is 32.8 Å². The van der Waals surface area contributed by atoms with Gasteiger partial charge in [-0.3, -0.25) is 9.59 Å². The van der Waals surface area contributed by atoms with Crippen LogP contribution in [-0.4, -0.2) is 83.8 Å². The Morgan fingerprint density at radius 2 is 1.39 bits per heavy atom. The molecule has 1 unspecified atom stereocenters. The van der Waals surface area contributed by atoms with Gasteiger partial charge in [0.2, 0.25) is 0 Å². The number of carbonyl (C=O) groups is 3. The SMILES string of the molecule is O=C(O)[C@H]1CC[C@@H](C(=O)N2CCN(C(=O)C3CCCO3)CC2)O1. The Kier molecular flexibility index (Phi) is 4.82. The number of piperazine rings is 1. The van der Waals surface area contributed by atoms with Gasteiger partial charge in [-0.25, -0.2) is 4.79 Å². The van der Waals surface area contributed by atoms with Crippen LogP contribution >= 0.6 is 0 Å². The molecule has 3 saturated heterocycles. The molecule has 3 atom stereocenters. The summed E-state index contributed by atoms with van der Waals surface area (Å²) in [5, 5.41) is 8.92. The van der Waals surface area contributed by atoms with Gasteiger partial charge in [-0.15, -0.1) is 0 Å². The van der Waals surface area contributed by atoms with Gasteiger partial charge < -0.3 is 24.4 Å². The molecule has 0 saturated carbocycles. The lowest BCUT2D eigenvalue weighted by Crippen LogP contribution is -2.54. The van der Waals surface area contributed by atoms with E-state index in [9.17, 15) is 14.4 Å². The maximum Gasteiger partial charge on any atom is 0.332 e. The molecule has 3 heterocycles. The van der Waals surface area contributed by atoms with Crippen molar-refractivity contribution in [2.75, 3.05) is 32.8 Å². The van der Waals surface area contributed by atoms with Gasteiger partial charge in [0.05, 0.1) is 0 Å². The number of aliphatic carboxylic acids is 1. The van der Waals surface area contributed by atoms with Gasteiger partial charge >= 0.3 is 5.97 Å². The van der Waals surface area contributed by atoms with Gasteiger partial charge in [-0.1, -0.05) is 0 Å². The number of carbonyl (C=O) groups excluding carboxylic acids is 2. The quantitative estimate of drug-likeness (QED) is 0.749. The summed E-state index contributed by atoms with van der Waals surface area (Å²) in [6.07, 6.45) is 0.603. The Balaban J connectivity index is 1.48. The van der Waals surface area contributed by atoms with E-state index in [0.29, 0.717) is 45.6 Å². The first-order chi connectivity index (χ1) is 11.1. The highest BCUT2D eigenvalue weighted by molar-refractivity contribution is 5.84. The molecule has 3 aliphatic heterocycles. The molecule has 0 aliphatic carbocycles. The Morgan fingerprint density at radius 1 is 0.826 bits per heavy atom. The zero-order valence-corrected chi connectivity index (χ0v) is 13.0. The number of carboxylic acids is 1. The first-order valence-electron chi connectivity index (χ1n) is 8.13. The fourth-order valence-electron chi connectivity index (χ4n) is 3.33. The second-order valence-electron chi connectivity index (χ2n) is 6.18. The van der Waals surface area contributed by atoms with Crippen LogP contribution in [-0.2, 0) is 23.9 Å². The lowest BCUT2D eigenvalue weighted by atomic mass is 10.1. The van der Waals surface area contributed by atoms with Crippen LogP contribution in [0.25, 0.3) is 0 Å². The smallest absolute Gasteiger partial charge is 0.332 e. The predicted molar refractivity (Wildman–Crippen MR) is 77.7 cm³/mol. The number of carboxylic acid groups (broad SMARTS) is 1. The molecule has 3 fully saturated rings. The lowest BCUT2D eigenvalue weighted by Gasteiger charge is -2.36. The second kappa shape index (κ2) is 6.84. The largest absolute Gasteiger partial charge is 0.479 e. The summed E-state index contributed by atoms with van der Waals surface area (Å²) in [5.74, 6) is -1.18. The molecule has 0 spiro atoms. The van der Waals surface area contributed by atoms with Crippen LogP contribution in [0.3, 0.4) is 0 Å². The van der Waals surface area contributed by atoms with Crippen LogP contribution in [0.1, 0.15) is 25.7 Å². The minimum absolute atomic E-state index is 0.0117. The summed E-state index contributed by atoms with van der Waals surface area (Å²) in [6, 6.07) is 0. The maximum atomic E-state index is 12.4. The summed E-state index contributed by atoms with van der Waals surface area (Å²) < 4.78 is 10.7. The first-order valence-corrected chi connectivity index (χ1v) is 8.13. The third-order valence-electron chi connectivity index (χ3n) is 4.68. The normalized spacial score (nSPS) is 31.4. The van der Waals surface area contributed by atoms with Crippen LogP contribution in [0.5, 0.6) is 0 Å². The van der Waals surface area contributed by atoms with Crippen molar-refractivity contribution in [1.82, 2.24) is 9.80 Å². The third-order valence-corrected chi connectivity index (χ3v) is 4.68.